The van der Waals surface area contributed by atoms with Crippen molar-refractivity contribution in [3.8, 4) is 0 Å². The zero-order valence-electron chi connectivity index (χ0n) is 17.9. The third kappa shape index (κ3) is 4.98. The van der Waals surface area contributed by atoms with Crippen molar-refractivity contribution in [1.82, 2.24) is 4.90 Å². The van der Waals surface area contributed by atoms with Gasteiger partial charge >= 0.3 is 5.97 Å². The summed E-state index contributed by atoms with van der Waals surface area (Å²) in [5, 5.41) is 2.78. The number of anilines is 1. The van der Waals surface area contributed by atoms with E-state index in [1.165, 1.54) is 6.42 Å². The van der Waals surface area contributed by atoms with Crippen molar-refractivity contribution in [1.29, 1.82) is 0 Å². The van der Waals surface area contributed by atoms with E-state index in [9.17, 15) is 14.4 Å². The molecule has 1 aromatic rings. The van der Waals surface area contributed by atoms with Crippen molar-refractivity contribution in [3.05, 3.63) is 29.3 Å². The Morgan fingerprint density at radius 1 is 1.21 bits per heavy atom. The first-order valence-corrected chi connectivity index (χ1v) is 10.6. The summed E-state index contributed by atoms with van der Waals surface area (Å²) < 4.78 is 5.23. The van der Waals surface area contributed by atoms with Crippen LogP contribution in [0.25, 0.3) is 0 Å². The number of hydrogen-bond acceptors (Lipinski definition) is 4. The summed E-state index contributed by atoms with van der Waals surface area (Å²) in [6, 6.07) is 6.00. The van der Waals surface area contributed by atoms with E-state index in [0.717, 1.165) is 24.0 Å². The lowest BCUT2D eigenvalue weighted by atomic mass is 9.77. The fourth-order valence-corrected chi connectivity index (χ4v) is 4.52. The predicted molar refractivity (Wildman–Crippen MR) is 111 cm³/mol. The first kappa shape index (κ1) is 21.3. The molecule has 0 radical (unpaired) electrons. The SMILES string of the molecule is Cc1ccc(C)c(NC(=O)COC(=O)[C@@H]2CC(=O)N([C@@H]3CCC[C@H](C)[C@@H]3C)C2)c1. The maximum atomic E-state index is 12.5. The van der Waals surface area contributed by atoms with Gasteiger partial charge < -0.3 is 15.0 Å². The molecular weight excluding hydrogens is 368 g/mol. The van der Waals surface area contributed by atoms with Crippen molar-refractivity contribution < 1.29 is 19.1 Å². The van der Waals surface area contributed by atoms with Crippen molar-refractivity contribution in [2.45, 2.75) is 59.4 Å². The molecule has 1 aliphatic heterocycles. The maximum Gasteiger partial charge on any atom is 0.311 e. The number of rotatable bonds is 5. The summed E-state index contributed by atoms with van der Waals surface area (Å²) in [7, 11) is 0. The number of likely N-dealkylation sites (tertiary alicyclic amines) is 1. The molecule has 1 saturated heterocycles. The Kier molecular flexibility index (Phi) is 6.60. The van der Waals surface area contributed by atoms with Gasteiger partial charge in [0.1, 0.15) is 0 Å². The van der Waals surface area contributed by atoms with Crippen molar-refractivity contribution in [2.75, 3.05) is 18.5 Å². The fraction of sp³-hybridized carbons (Fsp3) is 0.609. The Bertz CT molecular complexity index is 791. The van der Waals surface area contributed by atoms with Crippen LogP contribution in [0, 0.1) is 31.6 Å². The van der Waals surface area contributed by atoms with Crippen LogP contribution in [-0.2, 0) is 19.1 Å². The summed E-state index contributed by atoms with van der Waals surface area (Å²) >= 11 is 0. The molecule has 2 aliphatic rings. The molecule has 0 spiro atoms. The van der Waals surface area contributed by atoms with E-state index in [2.05, 4.69) is 19.2 Å². The van der Waals surface area contributed by atoms with E-state index in [1.54, 1.807) is 0 Å². The highest BCUT2D eigenvalue weighted by Crippen LogP contribution is 2.35. The topological polar surface area (TPSA) is 75.7 Å². The minimum Gasteiger partial charge on any atom is -0.455 e. The minimum atomic E-state index is -0.486. The van der Waals surface area contributed by atoms with Crippen LogP contribution in [-0.4, -0.2) is 41.9 Å². The molecule has 0 bridgehead atoms. The van der Waals surface area contributed by atoms with E-state index >= 15 is 0 Å². The maximum absolute atomic E-state index is 12.5. The normalized spacial score (nSPS) is 27.0. The van der Waals surface area contributed by atoms with Gasteiger partial charge in [-0.3, -0.25) is 14.4 Å². The average molecular weight is 401 g/mol. The lowest BCUT2D eigenvalue weighted by Gasteiger charge is -2.39. The molecule has 158 valence electrons. The summed E-state index contributed by atoms with van der Waals surface area (Å²) in [5.41, 5.74) is 2.70. The molecule has 3 rings (SSSR count). The lowest BCUT2D eigenvalue weighted by molar-refractivity contribution is -0.151. The van der Waals surface area contributed by atoms with Crippen LogP contribution >= 0.6 is 0 Å². The van der Waals surface area contributed by atoms with Crippen LogP contribution in [0.4, 0.5) is 5.69 Å². The van der Waals surface area contributed by atoms with Gasteiger partial charge in [-0.2, -0.15) is 0 Å². The third-order valence-corrected chi connectivity index (χ3v) is 6.57. The van der Waals surface area contributed by atoms with Crippen molar-refractivity contribution in [2.24, 2.45) is 17.8 Å². The molecule has 4 atom stereocenters. The molecule has 29 heavy (non-hydrogen) atoms. The molecule has 1 aliphatic carbocycles. The quantitative estimate of drug-likeness (QED) is 0.768. The molecule has 2 amide bonds. The van der Waals surface area contributed by atoms with E-state index < -0.39 is 11.9 Å². The highest BCUT2D eigenvalue weighted by molar-refractivity contribution is 5.94. The molecule has 1 N–H and O–H groups in total. The predicted octanol–water partition coefficient (Wildman–Crippen LogP) is 3.46. The standard InChI is InChI=1S/C23H32N2O4/c1-14-8-9-16(3)19(10-14)24-21(26)13-29-23(28)18-11-22(27)25(12-18)20-7-5-6-15(2)17(20)4/h8-10,15,17-18,20H,5-7,11-13H2,1-4H3,(H,24,26)/t15-,17-,18+,20+/m0/s1. The van der Waals surface area contributed by atoms with Crippen LogP contribution in [0.1, 0.15) is 50.7 Å². The number of nitrogens with one attached hydrogen (secondary N) is 1. The molecule has 1 heterocycles. The first-order valence-electron chi connectivity index (χ1n) is 10.6. The number of aryl methyl sites for hydroxylation is 2. The zero-order valence-corrected chi connectivity index (χ0v) is 17.9. The number of amides is 2. The molecule has 2 fully saturated rings. The molecule has 6 nitrogen and oxygen atoms in total. The van der Waals surface area contributed by atoms with Gasteiger partial charge in [0, 0.05) is 24.7 Å². The summed E-state index contributed by atoms with van der Waals surface area (Å²) in [6.45, 7) is 8.35. The summed E-state index contributed by atoms with van der Waals surface area (Å²) in [5.74, 6) is -0.276. The van der Waals surface area contributed by atoms with Crippen LogP contribution in [0.5, 0.6) is 0 Å². The second-order valence-corrected chi connectivity index (χ2v) is 8.76. The van der Waals surface area contributed by atoms with Gasteiger partial charge in [0.05, 0.1) is 5.92 Å². The van der Waals surface area contributed by atoms with E-state index in [-0.39, 0.29) is 30.9 Å². The van der Waals surface area contributed by atoms with Gasteiger partial charge in [-0.05, 0) is 49.3 Å². The molecule has 1 saturated carbocycles. The highest BCUT2D eigenvalue weighted by atomic mass is 16.5. The van der Waals surface area contributed by atoms with Crippen LogP contribution < -0.4 is 5.32 Å². The van der Waals surface area contributed by atoms with Gasteiger partial charge in [0.25, 0.3) is 5.91 Å². The van der Waals surface area contributed by atoms with Gasteiger partial charge in [-0.25, -0.2) is 0 Å². The number of esters is 1. The Labute approximate surface area is 173 Å². The average Bonchev–Trinajstić information content (AvgIpc) is 3.06. The van der Waals surface area contributed by atoms with Gasteiger partial charge in [0.15, 0.2) is 6.61 Å². The minimum absolute atomic E-state index is 0.0257. The second kappa shape index (κ2) is 8.97. The smallest absolute Gasteiger partial charge is 0.311 e. The Hall–Kier alpha value is -2.37. The second-order valence-electron chi connectivity index (χ2n) is 8.76. The highest BCUT2D eigenvalue weighted by Gasteiger charge is 2.42. The summed E-state index contributed by atoms with van der Waals surface area (Å²) in [4.78, 5) is 39.1. The van der Waals surface area contributed by atoms with Gasteiger partial charge in [0.2, 0.25) is 5.91 Å². The summed E-state index contributed by atoms with van der Waals surface area (Å²) in [6.07, 6.45) is 3.49. The van der Waals surface area contributed by atoms with E-state index in [1.807, 2.05) is 36.9 Å². The van der Waals surface area contributed by atoms with Gasteiger partial charge in [-0.15, -0.1) is 0 Å². The van der Waals surface area contributed by atoms with Crippen molar-refractivity contribution >= 4 is 23.5 Å². The van der Waals surface area contributed by atoms with Gasteiger partial charge in [-0.1, -0.05) is 38.8 Å². The first-order chi connectivity index (χ1) is 13.8. The molecular formula is C23H32N2O4. The number of carbonyl (C=O) groups excluding carboxylic acids is 3. The Morgan fingerprint density at radius 2 is 1.97 bits per heavy atom. The molecule has 1 aromatic carbocycles. The fourth-order valence-electron chi connectivity index (χ4n) is 4.52. The van der Waals surface area contributed by atoms with Crippen LogP contribution in [0.3, 0.4) is 0 Å². The van der Waals surface area contributed by atoms with E-state index in [0.29, 0.717) is 24.1 Å². The van der Waals surface area contributed by atoms with Crippen molar-refractivity contribution in [3.63, 3.8) is 0 Å². The van der Waals surface area contributed by atoms with Crippen LogP contribution in [0.2, 0.25) is 0 Å². The third-order valence-electron chi connectivity index (χ3n) is 6.57. The zero-order chi connectivity index (χ0) is 21.1. The number of carbonyl (C=O) groups is 3. The molecule has 0 aromatic heterocycles. The number of benzene rings is 1. The number of hydrogen-bond donors (Lipinski definition) is 1. The monoisotopic (exact) mass is 400 g/mol. The largest absolute Gasteiger partial charge is 0.455 e. The molecule has 0 unspecified atom stereocenters. The van der Waals surface area contributed by atoms with Crippen LogP contribution in [0.15, 0.2) is 18.2 Å². The van der Waals surface area contributed by atoms with E-state index in [4.69, 9.17) is 4.74 Å². The molecule has 6 heteroatoms. The Balaban J connectivity index is 1.51. The Morgan fingerprint density at radius 3 is 2.72 bits per heavy atom. The lowest BCUT2D eigenvalue weighted by Crippen LogP contribution is -2.45. The number of nitrogens with zero attached hydrogens (tertiary/aromatic N) is 1. The number of ether oxygens (including phenoxy) is 1.